The van der Waals surface area contributed by atoms with E-state index in [4.69, 9.17) is 9.47 Å². The lowest BCUT2D eigenvalue weighted by Crippen LogP contribution is -2.50. The molecule has 0 radical (unpaired) electrons. The van der Waals surface area contributed by atoms with Crippen molar-refractivity contribution in [1.82, 2.24) is 15.5 Å². The quantitative estimate of drug-likeness (QED) is 0.646. The van der Waals surface area contributed by atoms with E-state index >= 15 is 0 Å². The first kappa shape index (κ1) is 21.4. The van der Waals surface area contributed by atoms with Gasteiger partial charge in [0.05, 0.1) is 23.9 Å². The number of halogens is 1. The number of esters is 1. The maximum Gasteiger partial charge on any atom is 0.338 e. The summed E-state index contributed by atoms with van der Waals surface area (Å²) in [5, 5.41) is 5.49. The van der Waals surface area contributed by atoms with Crippen LogP contribution < -0.4 is 15.4 Å². The number of cyclic esters (lactones) is 1. The number of nitrogens with one attached hydrogen (secondary N) is 2. The molecule has 3 amide bonds. The highest BCUT2D eigenvalue weighted by Crippen LogP contribution is 2.38. The van der Waals surface area contributed by atoms with Crippen LogP contribution in [0.4, 0.5) is 9.18 Å². The van der Waals surface area contributed by atoms with Gasteiger partial charge in [0.15, 0.2) is 0 Å². The largest absolute Gasteiger partial charge is 0.494 e. The predicted octanol–water partition coefficient (Wildman–Crippen LogP) is 2.42. The summed E-state index contributed by atoms with van der Waals surface area (Å²) in [6.45, 7) is 2.06. The molecule has 2 aromatic rings. The van der Waals surface area contributed by atoms with E-state index in [0.29, 0.717) is 23.6 Å². The fourth-order valence-electron chi connectivity index (χ4n) is 3.72. The zero-order valence-electron chi connectivity index (χ0n) is 17.4. The average Bonchev–Trinajstić information content (AvgIpc) is 3.17. The molecule has 0 spiro atoms. The highest BCUT2D eigenvalue weighted by molar-refractivity contribution is 5.98. The van der Waals surface area contributed by atoms with Gasteiger partial charge in [-0.15, -0.1) is 0 Å². The Morgan fingerprint density at radius 3 is 2.72 bits per heavy atom. The molecule has 2 aromatic carbocycles. The predicted molar refractivity (Wildman–Crippen MR) is 112 cm³/mol. The Balaban J connectivity index is 1.54. The van der Waals surface area contributed by atoms with Gasteiger partial charge in [-0.1, -0.05) is 30.3 Å². The Hall–Kier alpha value is -3.88. The second-order valence-electron chi connectivity index (χ2n) is 7.28. The summed E-state index contributed by atoms with van der Waals surface area (Å²) in [5.41, 5.74) is 1.99. The molecule has 0 aliphatic carbocycles. The average molecular weight is 439 g/mol. The van der Waals surface area contributed by atoms with Gasteiger partial charge in [-0.2, -0.15) is 0 Å². The second kappa shape index (κ2) is 9.09. The summed E-state index contributed by atoms with van der Waals surface area (Å²) < 4.78 is 23.9. The van der Waals surface area contributed by atoms with E-state index < -0.39 is 23.9 Å². The van der Waals surface area contributed by atoms with Crippen LogP contribution in [0.15, 0.2) is 59.8 Å². The molecular weight excluding hydrogens is 417 g/mol. The molecular formula is C23H22FN3O5. The van der Waals surface area contributed by atoms with Crippen LogP contribution >= 0.6 is 0 Å². The standard InChI is InChI=1S/C23H22FN3O5/c1-2-31-18-6-4-3-5-16(18)21-20-17(13-32-22(20)29)27(23(30)26-21)12-19(28)25-11-14-7-9-15(24)10-8-14/h3-10,21H,2,11-13H2,1H3,(H,25,28)(H,26,30)/t21-/m0/s1. The Morgan fingerprint density at radius 2 is 1.97 bits per heavy atom. The Morgan fingerprint density at radius 1 is 1.22 bits per heavy atom. The van der Waals surface area contributed by atoms with Gasteiger partial charge in [0, 0.05) is 12.1 Å². The Labute approximate surface area is 184 Å². The van der Waals surface area contributed by atoms with E-state index in [-0.39, 0.29) is 31.1 Å². The topological polar surface area (TPSA) is 97.0 Å². The number of hydrogen-bond donors (Lipinski definition) is 2. The minimum atomic E-state index is -0.742. The summed E-state index contributed by atoms with van der Waals surface area (Å²) in [6, 6.07) is 11.6. The van der Waals surface area contributed by atoms with Crippen molar-refractivity contribution < 1.29 is 28.2 Å². The maximum absolute atomic E-state index is 13.0. The van der Waals surface area contributed by atoms with E-state index in [1.54, 1.807) is 36.4 Å². The van der Waals surface area contributed by atoms with E-state index in [9.17, 15) is 18.8 Å². The molecule has 0 unspecified atom stereocenters. The third-order valence-corrected chi connectivity index (χ3v) is 5.23. The summed E-state index contributed by atoms with van der Waals surface area (Å²) in [6.07, 6.45) is 0. The van der Waals surface area contributed by atoms with Crippen molar-refractivity contribution in [3.63, 3.8) is 0 Å². The molecule has 2 aliphatic heterocycles. The number of rotatable bonds is 7. The zero-order chi connectivity index (χ0) is 22.7. The molecule has 2 heterocycles. The van der Waals surface area contributed by atoms with Gasteiger partial charge >= 0.3 is 12.0 Å². The molecule has 1 atom stereocenters. The molecule has 0 saturated heterocycles. The molecule has 8 nitrogen and oxygen atoms in total. The highest BCUT2D eigenvalue weighted by Gasteiger charge is 2.43. The van der Waals surface area contributed by atoms with Gasteiger partial charge < -0.3 is 20.1 Å². The van der Waals surface area contributed by atoms with E-state index in [0.717, 1.165) is 5.56 Å². The van der Waals surface area contributed by atoms with E-state index in [1.165, 1.54) is 17.0 Å². The number of benzene rings is 2. The van der Waals surface area contributed by atoms with Crippen molar-refractivity contribution in [2.24, 2.45) is 0 Å². The summed E-state index contributed by atoms with van der Waals surface area (Å²) in [7, 11) is 0. The van der Waals surface area contributed by atoms with Gasteiger partial charge in [0.25, 0.3) is 0 Å². The van der Waals surface area contributed by atoms with Crippen LogP contribution in [0, 0.1) is 5.82 Å². The molecule has 166 valence electrons. The molecule has 2 aliphatic rings. The monoisotopic (exact) mass is 439 g/mol. The molecule has 0 fully saturated rings. The normalized spacial score (nSPS) is 17.6. The highest BCUT2D eigenvalue weighted by atomic mass is 19.1. The van der Waals surface area contributed by atoms with Crippen LogP contribution in [-0.2, 0) is 20.9 Å². The fourth-order valence-corrected chi connectivity index (χ4v) is 3.72. The summed E-state index contributed by atoms with van der Waals surface area (Å²) >= 11 is 0. The molecule has 9 heteroatoms. The summed E-state index contributed by atoms with van der Waals surface area (Å²) in [5.74, 6) is -0.787. The van der Waals surface area contributed by atoms with Crippen LogP contribution in [0.1, 0.15) is 24.1 Å². The second-order valence-corrected chi connectivity index (χ2v) is 7.28. The first-order valence-electron chi connectivity index (χ1n) is 10.2. The van der Waals surface area contributed by atoms with Crippen molar-refractivity contribution >= 4 is 17.9 Å². The maximum atomic E-state index is 13.0. The van der Waals surface area contributed by atoms with E-state index in [1.807, 2.05) is 6.92 Å². The number of nitrogens with zero attached hydrogens (tertiary/aromatic N) is 1. The van der Waals surface area contributed by atoms with Crippen molar-refractivity contribution in [2.75, 3.05) is 19.8 Å². The molecule has 32 heavy (non-hydrogen) atoms. The third kappa shape index (κ3) is 4.27. The minimum absolute atomic E-state index is 0.0971. The number of urea groups is 1. The fraction of sp³-hybridized carbons (Fsp3) is 0.261. The van der Waals surface area contributed by atoms with Crippen LogP contribution in [0.3, 0.4) is 0 Å². The number of hydrogen-bond acceptors (Lipinski definition) is 5. The molecule has 4 rings (SSSR count). The van der Waals surface area contributed by atoms with Crippen molar-refractivity contribution in [3.8, 4) is 5.75 Å². The lowest BCUT2D eigenvalue weighted by molar-refractivity contribution is -0.136. The number of para-hydroxylation sites is 1. The smallest absolute Gasteiger partial charge is 0.338 e. The van der Waals surface area contributed by atoms with Crippen LogP contribution in [-0.4, -0.2) is 42.6 Å². The first-order chi connectivity index (χ1) is 15.5. The SMILES string of the molecule is CCOc1ccccc1[C@@H]1NC(=O)N(CC(=O)NCc2ccc(F)cc2)C2=C1C(=O)OC2. The first-order valence-corrected chi connectivity index (χ1v) is 10.2. The van der Waals surface area contributed by atoms with Crippen molar-refractivity contribution in [3.05, 3.63) is 76.7 Å². The minimum Gasteiger partial charge on any atom is -0.494 e. The lowest BCUT2D eigenvalue weighted by atomic mass is 9.95. The molecule has 0 bridgehead atoms. The van der Waals surface area contributed by atoms with Crippen molar-refractivity contribution in [1.29, 1.82) is 0 Å². The van der Waals surface area contributed by atoms with Crippen molar-refractivity contribution in [2.45, 2.75) is 19.5 Å². The number of carbonyl (C=O) groups is 3. The molecule has 2 N–H and O–H groups in total. The number of ether oxygens (including phenoxy) is 2. The van der Waals surface area contributed by atoms with Gasteiger partial charge in [0.1, 0.15) is 24.7 Å². The van der Waals surface area contributed by atoms with E-state index in [2.05, 4.69) is 10.6 Å². The number of carbonyl (C=O) groups excluding carboxylic acids is 3. The van der Waals surface area contributed by atoms with Gasteiger partial charge in [-0.3, -0.25) is 9.69 Å². The Kier molecular flexibility index (Phi) is 6.07. The molecule has 0 saturated carbocycles. The molecule has 0 aromatic heterocycles. The van der Waals surface area contributed by atoms with Gasteiger partial charge in [-0.05, 0) is 30.7 Å². The van der Waals surface area contributed by atoms with Crippen LogP contribution in [0.5, 0.6) is 5.75 Å². The Bertz CT molecular complexity index is 1080. The van der Waals surface area contributed by atoms with Crippen LogP contribution in [0.2, 0.25) is 0 Å². The zero-order valence-corrected chi connectivity index (χ0v) is 17.4. The lowest BCUT2D eigenvalue weighted by Gasteiger charge is -2.33. The third-order valence-electron chi connectivity index (χ3n) is 5.23. The van der Waals surface area contributed by atoms with Gasteiger partial charge in [0.2, 0.25) is 5.91 Å². The van der Waals surface area contributed by atoms with Gasteiger partial charge in [-0.25, -0.2) is 14.0 Å². The number of amides is 3. The summed E-state index contributed by atoms with van der Waals surface area (Å²) in [4.78, 5) is 39.1. The van der Waals surface area contributed by atoms with Crippen LogP contribution in [0.25, 0.3) is 0 Å².